The Morgan fingerprint density at radius 2 is 1.55 bits per heavy atom. The standard InChI is InChI=1S/C25H21N7O10S2/c1-39-19-10-18(20(40-2)9-17(19)30-29-12-3-4-15-16(7-12)28-25(34)27-15)31-32-23-21(43-42-41-35)5-11-6-22(44(36,37)38)14(26)8-13(11)24(23)33/h3-10,33,35H,26H2,1-2H3,(H2,27,28,34)(H,36,37,38). The van der Waals surface area contributed by atoms with Crippen molar-refractivity contribution in [2.24, 2.45) is 20.5 Å². The van der Waals surface area contributed by atoms with Gasteiger partial charge in [-0.25, -0.2) is 10.1 Å². The molecule has 5 rings (SSSR count). The molecule has 0 radical (unpaired) electrons. The van der Waals surface area contributed by atoms with Crippen molar-refractivity contribution in [1.82, 2.24) is 9.97 Å². The summed E-state index contributed by atoms with van der Waals surface area (Å²) in [5, 5.41) is 40.3. The van der Waals surface area contributed by atoms with Crippen LogP contribution in [0.3, 0.4) is 0 Å². The van der Waals surface area contributed by atoms with Gasteiger partial charge in [0.2, 0.25) is 0 Å². The molecule has 1 aromatic heterocycles. The van der Waals surface area contributed by atoms with Crippen molar-refractivity contribution in [3.05, 3.63) is 59.0 Å². The van der Waals surface area contributed by atoms with Gasteiger partial charge < -0.3 is 30.3 Å². The Labute approximate surface area is 250 Å². The number of rotatable bonds is 10. The van der Waals surface area contributed by atoms with E-state index in [1.807, 2.05) is 0 Å². The van der Waals surface area contributed by atoms with Crippen LogP contribution in [0.1, 0.15) is 0 Å². The largest absolute Gasteiger partial charge is 0.505 e. The number of azo groups is 2. The number of H-pyrrole nitrogens is 2. The first kappa shape index (κ1) is 30.4. The highest BCUT2D eigenvalue weighted by molar-refractivity contribution is 7.94. The molecule has 5 aromatic rings. The average molecular weight is 644 g/mol. The molecule has 0 saturated carbocycles. The Morgan fingerprint density at radius 1 is 0.886 bits per heavy atom. The fourth-order valence-electron chi connectivity index (χ4n) is 4.15. The van der Waals surface area contributed by atoms with E-state index in [2.05, 4.69) is 39.8 Å². The van der Waals surface area contributed by atoms with Crippen molar-refractivity contribution < 1.29 is 42.2 Å². The Morgan fingerprint density at radius 3 is 2.18 bits per heavy atom. The highest BCUT2D eigenvalue weighted by Crippen LogP contribution is 2.47. The molecule has 0 amide bonds. The van der Waals surface area contributed by atoms with Gasteiger partial charge in [0.05, 0.1) is 53.6 Å². The van der Waals surface area contributed by atoms with Gasteiger partial charge in [0.25, 0.3) is 10.1 Å². The molecule has 0 atom stereocenters. The Kier molecular flexibility index (Phi) is 8.49. The van der Waals surface area contributed by atoms with Crippen molar-refractivity contribution >= 4 is 72.4 Å². The van der Waals surface area contributed by atoms with Crippen molar-refractivity contribution in [3.8, 4) is 17.2 Å². The van der Waals surface area contributed by atoms with E-state index >= 15 is 0 Å². The van der Waals surface area contributed by atoms with Gasteiger partial charge in [-0.3, -0.25) is 4.55 Å². The summed E-state index contributed by atoms with van der Waals surface area (Å²) in [5.41, 5.74) is 6.98. The van der Waals surface area contributed by atoms with Gasteiger partial charge in [-0.05, 0) is 41.8 Å². The Balaban J connectivity index is 1.55. The van der Waals surface area contributed by atoms with Crippen LogP contribution in [0.2, 0.25) is 0 Å². The number of aromatic hydroxyl groups is 1. The lowest BCUT2D eigenvalue weighted by atomic mass is 10.1. The topological polar surface area (TPSA) is 256 Å². The van der Waals surface area contributed by atoms with Crippen molar-refractivity contribution in [3.63, 3.8) is 0 Å². The number of nitrogens with one attached hydrogen (secondary N) is 2. The number of benzene rings is 4. The summed E-state index contributed by atoms with van der Waals surface area (Å²) in [6.07, 6.45) is 0. The van der Waals surface area contributed by atoms with Crippen LogP contribution in [0.15, 0.2) is 83.6 Å². The van der Waals surface area contributed by atoms with Crippen LogP contribution >= 0.6 is 12.0 Å². The quantitative estimate of drug-likeness (QED) is 0.0263. The van der Waals surface area contributed by atoms with Crippen molar-refractivity contribution in [1.29, 1.82) is 0 Å². The Hall–Kier alpha value is -5.05. The summed E-state index contributed by atoms with van der Waals surface area (Å²) in [6.45, 7) is 0. The normalized spacial score (nSPS) is 12.2. The van der Waals surface area contributed by atoms with Crippen LogP contribution in [0.5, 0.6) is 17.2 Å². The lowest BCUT2D eigenvalue weighted by molar-refractivity contribution is -0.432. The second-order valence-corrected chi connectivity index (χ2v) is 10.9. The first-order valence-corrected chi connectivity index (χ1v) is 14.2. The maximum atomic E-state index is 11.7. The molecule has 0 aliphatic carbocycles. The molecule has 0 bridgehead atoms. The maximum absolute atomic E-state index is 11.7. The van der Waals surface area contributed by atoms with Gasteiger partial charge in [-0.1, -0.05) is 5.04 Å². The minimum atomic E-state index is -4.68. The van der Waals surface area contributed by atoms with Crippen LogP contribution in [0, 0.1) is 0 Å². The van der Waals surface area contributed by atoms with Gasteiger partial charge in [0.15, 0.2) is 5.75 Å². The molecule has 0 fully saturated rings. The van der Waals surface area contributed by atoms with Crippen LogP contribution in [-0.4, -0.2) is 47.5 Å². The fourth-order valence-corrected chi connectivity index (χ4v) is 5.27. The van der Waals surface area contributed by atoms with Gasteiger partial charge in [-0.15, -0.1) is 19.7 Å². The van der Waals surface area contributed by atoms with E-state index in [1.165, 1.54) is 32.4 Å². The molecule has 44 heavy (non-hydrogen) atoms. The number of hydrogen-bond donors (Lipinski definition) is 6. The summed E-state index contributed by atoms with van der Waals surface area (Å²) < 4.78 is 48.3. The summed E-state index contributed by atoms with van der Waals surface area (Å²) in [4.78, 5) is 16.3. The number of anilines is 1. The lowest BCUT2D eigenvalue weighted by Crippen LogP contribution is -2.03. The number of phenols is 1. The smallest absolute Gasteiger partial charge is 0.323 e. The van der Waals surface area contributed by atoms with Crippen molar-refractivity contribution in [2.75, 3.05) is 20.0 Å². The van der Waals surface area contributed by atoms with E-state index < -0.39 is 20.8 Å². The monoisotopic (exact) mass is 643 g/mol. The zero-order chi connectivity index (χ0) is 31.6. The number of nitrogens with two attached hydrogens (primary N) is 1. The average Bonchev–Trinajstić information content (AvgIpc) is 3.37. The zero-order valence-electron chi connectivity index (χ0n) is 22.5. The van der Waals surface area contributed by atoms with E-state index in [9.17, 15) is 22.9 Å². The third kappa shape index (κ3) is 6.17. The van der Waals surface area contributed by atoms with E-state index in [-0.39, 0.29) is 55.6 Å². The van der Waals surface area contributed by atoms with Gasteiger partial charge in [-0.2, -0.15) is 13.5 Å². The molecule has 7 N–H and O–H groups in total. The molecular formula is C25H21N7O10S2. The van der Waals surface area contributed by atoms with Crippen LogP contribution < -0.4 is 20.9 Å². The molecule has 19 heteroatoms. The van der Waals surface area contributed by atoms with Crippen LogP contribution in [0.4, 0.5) is 28.4 Å². The number of nitrogens with zero attached hydrogens (tertiary/aromatic N) is 4. The van der Waals surface area contributed by atoms with Crippen molar-refractivity contribution in [2.45, 2.75) is 9.79 Å². The molecule has 4 aromatic carbocycles. The molecule has 17 nitrogen and oxygen atoms in total. The molecule has 1 heterocycles. The van der Waals surface area contributed by atoms with E-state index in [4.69, 9.17) is 20.5 Å². The zero-order valence-corrected chi connectivity index (χ0v) is 24.1. The van der Waals surface area contributed by atoms with Crippen LogP contribution in [-0.2, 0) is 19.5 Å². The maximum Gasteiger partial charge on any atom is 0.323 e. The molecule has 0 unspecified atom stereocenters. The third-order valence-corrected chi connectivity index (χ3v) is 7.65. The number of imidazole rings is 1. The van der Waals surface area contributed by atoms with Gasteiger partial charge in [0, 0.05) is 17.5 Å². The molecule has 0 saturated heterocycles. The number of aromatic nitrogens is 2. The predicted molar refractivity (Wildman–Crippen MR) is 157 cm³/mol. The fraction of sp³-hybridized carbons (Fsp3) is 0.0800. The highest BCUT2D eigenvalue weighted by atomic mass is 32.2. The van der Waals surface area contributed by atoms with E-state index in [0.29, 0.717) is 28.8 Å². The molecule has 0 aliphatic rings. The van der Waals surface area contributed by atoms with Crippen LogP contribution in [0.25, 0.3) is 21.8 Å². The number of aromatic amines is 2. The minimum Gasteiger partial charge on any atom is -0.505 e. The number of ether oxygens (including phenoxy) is 2. The predicted octanol–water partition coefficient (Wildman–Crippen LogP) is 5.82. The molecular weight excluding hydrogens is 622 g/mol. The second-order valence-electron chi connectivity index (χ2n) is 8.79. The van der Waals surface area contributed by atoms with Gasteiger partial charge >= 0.3 is 5.69 Å². The third-order valence-electron chi connectivity index (χ3n) is 6.12. The summed E-state index contributed by atoms with van der Waals surface area (Å²) in [6, 6.07) is 11.4. The van der Waals surface area contributed by atoms with E-state index in [0.717, 1.165) is 12.1 Å². The minimum absolute atomic E-state index is 0.0240. The number of methoxy groups -OCH3 is 2. The number of nitrogen functional groups attached to an aromatic ring is 1. The lowest BCUT2D eigenvalue weighted by Gasteiger charge is -2.12. The summed E-state index contributed by atoms with van der Waals surface area (Å²) in [5.74, 6) is -0.0548. The number of phenolic OH excluding ortho intramolecular Hbond substituents is 1. The van der Waals surface area contributed by atoms with E-state index in [1.54, 1.807) is 18.2 Å². The number of hydrogen-bond acceptors (Lipinski definition) is 15. The molecule has 0 aliphatic heterocycles. The van der Waals surface area contributed by atoms with Gasteiger partial charge in [0.1, 0.15) is 33.5 Å². The summed E-state index contributed by atoms with van der Waals surface area (Å²) in [7, 11) is -1.89. The molecule has 0 spiro atoms. The SMILES string of the molecule is COc1cc(N=Nc2c(SOOO)cc3cc(S(=O)(=O)O)c(N)cc3c2O)c(OC)cc1N=Nc1ccc2[nH]c(=O)[nH]c2c1. The first-order chi connectivity index (χ1) is 21.0. The second kappa shape index (κ2) is 12.3. The Bertz CT molecular complexity index is 2130. The highest BCUT2D eigenvalue weighted by Gasteiger charge is 2.21. The summed E-state index contributed by atoms with van der Waals surface area (Å²) >= 11 is 0.421. The number of fused-ring (bicyclic) bond motifs is 2. The molecule has 228 valence electrons. The first-order valence-electron chi connectivity index (χ1n) is 12.1.